The van der Waals surface area contributed by atoms with Gasteiger partial charge in [-0.15, -0.1) is 0 Å². The summed E-state index contributed by atoms with van der Waals surface area (Å²) in [6.45, 7) is 0.542. The molecule has 1 N–H and O–H groups in total. The lowest BCUT2D eigenvalue weighted by Crippen LogP contribution is -2.30. The number of nitrogens with zero attached hydrogens (tertiary/aromatic N) is 1. The first-order chi connectivity index (χ1) is 12.7. The molecule has 0 radical (unpaired) electrons. The molecule has 0 aromatic heterocycles. The highest BCUT2D eigenvalue weighted by Gasteiger charge is 2.27. The van der Waals surface area contributed by atoms with Crippen molar-refractivity contribution in [2.24, 2.45) is 0 Å². The average molecular weight is 361 g/mol. The van der Waals surface area contributed by atoms with Crippen LogP contribution in [0.4, 0.5) is 11.4 Å². The zero-order valence-corrected chi connectivity index (χ0v) is 14.8. The lowest BCUT2D eigenvalue weighted by Gasteiger charge is -2.24. The molecule has 3 aromatic rings. The smallest absolute Gasteiger partial charge is 0.264 e. The normalized spacial score (nSPS) is 15.3. The van der Waals surface area contributed by atoms with E-state index in [0.29, 0.717) is 17.1 Å². The van der Waals surface area contributed by atoms with E-state index in [2.05, 4.69) is 5.32 Å². The van der Waals surface area contributed by atoms with Crippen molar-refractivity contribution < 1.29 is 4.79 Å². The molecule has 0 saturated carbocycles. The first-order valence-corrected chi connectivity index (χ1v) is 8.79. The SMILES string of the molecule is O=C1c2ccccc2NC/C(=C\c2ccccc2)N1c1ccc(Cl)cc1. The van der Waals surface area contributed by atoms with E-state index in [4.69, 9.17) is 11.6 Å². The summed E-state index contributed by atoms with van der Waals surface area (Å²) in [4.78, 5) is 15.1. The van der Waals surface area contributed by atoms with Crippen LogP contribution in [0.1, 0.15) is 15.9 Å². The molecule has 1 heterocycles. The molecule has 0 unspecified atom stereocenters. The highest BCUT2D eigenvalue weighted by atomic mass is 35.5. The number of nitrogens with one attached hydrogen (secondary N) is 1. The van der Waals surface area contributed by atoms with Crippen LogP contribution in [0.25, 0.3) is 6.08 Å². The lowest BCUT2D eigenvalue weighted by atomic mass is 10.1. The summed E-state index contributed by atoms with van der Waals surface area (Å²) in [5.41, 5.74) is 4.20. The van der Waals surface area contributed by atoms with Crippen molar-refractivity contribution in [1.29, 1.82) is 0 Å². The monoisotopic (exact) mass is 360 g/mol. The van der Waals surface area contributed by atoms with Crippen molar-refractivity contribution in [3.05, 3.63) is 101 Å². The van der Waals surface area contributed by atoms with Gasteiger partial charge in [-0.2, -0.15) is 0 Å². The fraction of sp³-hybridized carbons (Fsp3) is 0.0455. The Morgan fingerprint density at radius 2 is 1.58 bits per heavy atom. The number of rotatable bonds is 2. The maximum absolute atomic E-state index is 13.3. The number of halogens is 1. The van der Waals surface area contributed by atoms with E-state index in [1.54, 1.807) is 17.0 Å². The van der Waals surface area contributed by atoms with Crippen LogP contribution in [0.3, 0.4) is 0 Å². The van der Waals surface area contributed by atoms with Crippen molar-refractivity contribution in [2.75, 3.05) is 16.8 Å². The molecule has 0 aliphatic carbocycles. The highest BCUT2D eigenvalue weighted by molar-refractivity contribution is 6.30. The van der Waals surface area contributed by atoms with Crippen LogP contribution in [0.15, 0.2) is 84.6 Å². The predicted octanol–water partition coefficient (Wildman–Crippen LogP) is 5.45. The van der Waals surface area contributed by atoms with Gasteiger partial charge in [0.2, 0.25) is 0 Å². The molecule has 1 amide bonds. The molecule has 4 heteroatoms. The molecular formula is C22H17ClN2O. The van der Waals surface area contributed by atoms with Crippen LogP contribution < -0.4 is 10.2 Å². The molecule has 4 rings (SSSR count). The van der Waals surface area contributed by atoms with Gasteiger partial charge in [0.05, 0.1) is 12.1 Å². The summed E-state index contributed by atoms with van der Waals surface area (Å²) in [6.07, 6.45) is 2.03. The number of hydrogen-bond donors (Lipinski definition) is 1. The van der Waals surface area contributed by atoms with E-state index in [1.807, 2.05) is 72.8 Å². The van der Waals surface area contributed by atoms with E-state index in [-0.39, 0.29) is 5.91 Å². The summed E-state index contributed by atoms with van der Waals surface area (Å²) in [5.74, 6) is -0.0601. The molecular weight excluding hydrogens is 344 g/mol. The van der Waals surface area contributed by atoms with Gasteiger partial charge in [-0.1, -0.05) is 54.1 Å². The Balaban J connectivity index is 1.85. The minimum absolute atomic E-state index is 0.0601. The third kappa shape index (κ3) is 3.22. The van der Waals surface area contributed by atoms with Crippen molar-refractivity contribution in [3.63, 3.8) is 0 Å². The molecule has 3 aromatic carbocycles. The van der Waals surface area contributed by atoms with Gasteiger partial charge >= 0.3 is 0 Å². The molecule has 0 saturated heterocycles. The van der Waals surface area contributed by atoms with E-state index in [1.165, 1.54) is 0 Å². The largest absolute Gasteiger partial charge is 0.379 e. The number of carbonyl (C=O) groups excluding carboxylic acids is 1. The van der Waals surface area contributed by atoms with E-state index < -0.39 is 0 Å². The van der Waals surface area contributed by atoms with Crippen molar-refractivity contribution >= 4 is 35.0 Å². The summed E-state index contributed by atoms with van der Waals surface area (Å²) in [6, 6.07) is 24.9. The van der Waals surface area contributed by atoms with Crippen molar-refractivity contribution in [1.82, 2.24) is 0 Å². The van der Waals surface area contributed by atoms with Crippen LogP contribution in [0.5, 0.6) is 0 Å². The maximum atomic E-state index is 13.3. The lowest BCUT2D eigenvalue weighted by molar-refractivity contribution is 0.0997. The number of hydrogen-bond acceptors (Lipinski definition) is 2. The zero-order chi connectivity index (χ0) is 17.9. The molecule has 3 nitrogen and oxygen atoms in total. The van der Waals surface area contributed by atoms with Crippen LogP contribution in [-0.4, -0.2) is 12.5 Å². The Hall–Kier alpha value is -3.04. The van der Waals surface area contributed by atoms with Gasteiger partial charge in [-0.3, -0.25) is 9.69 Å². The third-order valence-corrected chi connectivity index (χ3v) is 4.58. The molecule has 0 fully saturated rings. The molecule has 0 atom stereocenters. The van der Waals surface area contributed by atoms with Crippen LogP contribution >= 0.6 is 11.6 Å². The predicted molar refractivity (Wildman–Crippen MR) is 108 cm³/mol. The van der Waals surface area contributed by atoms with E-state index in [9.17, 15) is 4.79 Å². The summed E-state index contributed by atoms with van der Waals surface area (Å²) in [5, 5.41) is 4.02. The maximum Gasteiger partial charge on any atom is 0.264 e. The molecule has 26 heavy (non-hydrogen) atoms. The third-order valence-electron chi connectivity index (χ3n) is 4.33. The van der Waals surface area contributed by atoms with Gasteiger partial charge in [-0.25, -0.2) is 0 Å². The second kappa shape index (κ2) is 7.06. The first kappa shape index (κ1) is 16.4. The molecule has 128 valence electrons. The Labute approximate surface area is 157 Å². The average Bonchev–Trinajstić information content (AvgIpc) is 2.81. The molecule has 0 spiro atoms. The number of benzene rings is 3. The van der Waals surface area contributed by atoms with Crippen LogP contribution in [0.2, 0.25) is 5.02 Å². The summed E-state index contributed by atoms with van der Waals surface area (Å²) >= 11 is 6.04. The second-order valence-corrected chi connectivity index (χ2v) is 6.50. The number of carbonyl (C=O) groups is 1. The van der Waals surface area contributed by atoms with Gasteiger partial charge in [-0.05, 0) is 48.0 Å². The topological polar surface area (TPSA) is 32.3 Å². The summed E-state index contributed by atoms with van der Waals surface area (Å²) in [7, 11) is 0. The number of anilines is 2. The number of amides is 1. The Kier molecular flexibility index (Phi) is 4.46. The van der Waals surface area contributed by atoms with Crippen molar-refractivity contribution in [2.45, 2.75) is 0 Å². The van der Waals surface area contributed by atoms with Gasteiger partial charge < -0.3 is 5.32 Å². The van der Waals surface area contributed by atoms with Crippen molar-refractivity contribution in [3.8, 4) is 0 Å². The van der Waals surface area contributed by atoms with E-state index in [0.717, 1.165) is 22.6 Å². The zero-order valence-electron chi connectivity index (χ0n) is 14.0. The second-order valence-electron chi connectivity index (χ2n) is 6.06. The molecule has 1 aliphatic heterocycles. The van der Waals surface area contributed by atoms with Crippen LogP contribution in [0, 0.1) is 0 Å². The fourth-order valence-corrected chi connectivity index (χ4v) is 3.20. The van der Waals surface area contributed by atoms with Gasteiger partial charge in [0.25, 0.3) is 5.91 Å². The Morgan fingerprint density at radius 3 is 2.35 bits per heavy atom. The Morgan fingerprint density at radius 1 is 0.885 bits per heavy atom. The molecule has 1 aliphatic rings. The van der Waals surface area contributed by atoms with Crippen LogP contribution in [-0.2, 0) is 0 Å². The standard InChI is InChI=1S/C22H17ClN2O/c23-17-10-12-18(13-11-17)25-19(14-16-6-2-1-3-7-16)15-24-21-9-5-4-8-20(21)22(25)26/h1-14,24H,15H2/b19-14+. The first-order valence-electron chi connectivity index (χ1n) is 8.41. The fourth-order valence-electron chi connectivity index (χ4n) is 3.07. The molecule has 0 bridgehead atoms. The number of fused-ring (bicyclic) bond motifs is 1. The van der Waals surface area contributed by atoms with E-state index >= 15 is 0 Å². The number of para-hydroxylation sites is 1. The minimum atomic E-state index is -0.0601. The summed E-state index contributed by atoms with van der Waals surface area (Å²) < 4.78 is 0. The van der Waals surface area contributed by atoms with Gasteiger partial charge in [0, 0.05) is 22.1 Å². The highest BCUT2D eigenvalue weighted by Crippen LogP contribution is 2.30. The Bertz CT molecular complexity index is 965. The van der Waals surface area contributed by atoms with Gasteiger partial charge in [0.1, 0.15) is 0 Å². The quantitative estimate of drug-likeness (QED) is 0.658. The minimum Gasteiger partial charge on any atom is -0.379 e. The van der Waals surface area contributed by atoms with Gasteiger partial charge in [0.15, 0.2) is 0 Å².